The van der Waals surface area contributed by atoms with Crippen molar-refractivity contribution in [3.05, 3.63) is 58.7 Å². The number of nitrogens with one attached hydrogen (secondary N) is 2. The molecular formula is C14H12FN3O3. The van der Waals surface area contributed by atoms with Gasteiger partial charge in [0.1, 0.15) is 18.1 Å². The number of amides is 1. The number of carbonyl (C=O) groups excluding carboxylic acids is 1. The molecule has 2 aromatic heterocycles. The van der Waals surface area contributed by atoms with Crippen LogP contribution in [0.4, 0.5) is 4.39 Å². The summed E-state index contributed by atoms with van der Waals surface area (Å²) in [6, 6.07) is 7.38. The third-order valence-corrected chi connectivity index (χ3v) is 3.08. The van der Waals surface area contributed by atoms with E-state index in [1.807, 2.05) is 0 Å². The lowest BCUT2D eigenvalue weighted by molar-refractivity contribution is -0.121. The van der Waals surface area contributed by atoms with Crippen LogP contribution in [0.25, 0.3) is 11.0 Å². The Morgan fingerprint density at radius 2 is 2.24 bits per heavy atom. The van der Waals surface area contributed by atoms with Crippen molar-refractivity contribution < 1.29 is 13.6 Å². The highest BCUT2D eigenvalue weighted by molar-refractivity contribution is 5.80. The molecule has 0 aliphatic carbocycles. The molecule has 0 spiro atoms. The van der Waals surface area contributed by atoms with Gasteiger partial charge in [-0.05, 0) is 30.3 Å². The van der Waals surface area contributed by atoms with Crippen LogP contribution in [0.2, 0.25) is 0 Å². The molecule has 1 aromatic carbocycles. The van der Waals surface area contributed by atoms with Crippen LogP contribution in [-0.2, 0) is 17.9 Å². The Bertz CT molecular complexity index is 833. The van der Waals surface area contributed by atoms with Gasteiger partial charge in [-0.15, -0.1) is 0 Å². The number of fused-ring (bicyclic) bond motifs is 1. The third-order valence-electron chi connectivity index (χ3n) is 3.08. The van der Waals surface area contributed by atoms with Gasteiger partial charge < -0.3 is 14.7 Å². The van der Waals surface area contributed by atoms with Gasteiger partial charge in [-0.25, -0.2) is 9.18 Å². The first-order valence-corrected chi connectivity index (χ1v) is 6.30. The molecule has 0 saturated carbocycles. The van der Waals surface area contributed by atoms with Gasteiger partial charge in [0.05, 0.1) is 23.8 Å². The fourth-order valence-electron chi connectivity index (χ4n) is 2.09. The summed E-state index contributed by atoms with van der Waals surface area (Å²) in [5, 5.41) is 2.65. The number of aromatic amines is 1. The molecule has 0 unspecified atom stereocenters. The number of benzene rings is 1. The number of imidazole rings is 1. The van der Waals surface area contributed by atoms with Crippen molar-refractivity contribution in [3.63, 3.8) is 0 Å². The Hall–Kier alpha value is -2.83. The summed E-state index contributed by atoms with van der Waals surface area (Å²) in [7, 11) is 0. The van der Waals surface area contributed by atoms with Crippen LogP contribution in [0.15, 0.2) is 45.8 Å². The minimum absolute atomic E-state index is 0.148. The summed E-state index contributed by atoms with van der Waals surface area (Å²) >= 11 is 0. The maximum Gasteiger partial charge on any atom is 0.326 e. The smallest absolute Gasteiger partial charge is 0.326 e. The maximum atomic E-state index is 13.1. The van der Waals surface area contributed by atoms with E-state index in [1.54, 1.807) is 12.1 Å². The van der Waals surface area contributed by atoms with Crippen LogP contribution in [0, 0.1) is 5.82 Å². The Labute approximate surface area is 118 Å². The van der Waals surface area contributed by atoms with Gasteiger partial charge in [0, 0.05) is 0 Å². The molecule has 21 heavy (non-hydrogen) atoms. The number of hydrogen-bond donors (Lipinski definition) is 2. The summed E-state index contributed by atoms with van der Waals surface area (Å²) in [6.07, 6.45) is 1.51. The molecule has 0 saturated heterocycles. The molecular weight excluding hydrogens is 277 g/mol. The highest BCUT2D eigenvalue weighted by Gasteiger charge is 2.11. The van der Waals surface area contributed by atoms with Crippen molar-refractivity contribution in [1.82, 2.24) is 14.9 Å². The van der Waals surface area contributed by atoms with Gasteiger partial charge in [-0.3, -0.25) is 9.36 Å². The second-order valence-corrected chi connectivity index (χ2v) is 4.53. The van der Waals surface area contributed by atoms with Crippen LogP contribution in [-0.4, -0.2) is 15.5 Å². The highest BCUT2D eigenvalue weighted by atomic mass is 19.1. The molecule has 7 heteroatoms. The molecule has 3 rings (SSSR count). The zero-order valence-electron chi connectivity index (χ0n) is 10.9. The number of carbonyl (C=O) groups is 1. The van der Waals surface area contributed by atoms with Crippen LogP contribution in [0.1, 0.15) is 5.76 Å². The molecule has 0 atom stereocenters. The Morgan fingerprint density at radius 1 is 1.38 bits per heavy atom. The summed E-state index contributed by atoms with van der Waals surface area (Å²) < 4.78 is 19.4. The highest BCUT2D eigenvalue weighted by Crippen LogP contribution is 2.11. The minimum atomic E-state index is -0.455. The maximum absolute atomic E-state index is 13.1. The molecule has 3 aromatic rings. The summed E-state index contributed by atoms with van der Waals surface area (Å²) in [5.74, 6) is -0.159. The van der Waals surface area contributed by atoms with Gasteiger partial charge in [0.15, 0.2) is 0 Å². The van der Waals surface area contributed by atoms with Crippen LogP contribution in [0.3, 0.4) is 0 Å². The third kappa shape index (κ3) is 2.71. The molecule has 2 N–H and O–H groups in total. The number of rotatable bonds is 4. The number of aromatic nitrogens is 2. The Balaban J connectivity index is 1.76. The van der Waals surface area contributed by atoms with E-state index in [4.69, 9.17) is 4.42 Å². The standard InChI is InChI=1S/C14H12FN3O3/c15-9-3-4-12-11(6-9)17-14(20)18(12)8-13(19)16-7-10-2-1-5-21-10/h1-6H,7-8H2,(H,16,19)(H,17,20). The molecule has 0 radical (unpaired) electrons. The molecule has 0 aliphatic heterocycles. The predicted molar refractivity (Wildman–Crippen MR) is 73.1 cm³/mol. The molecule has 1 amide bonds. The van der Waals surface area contributed by atoms with E-state index < -0.39 is 11.5 Å². The van der Waals surface area contributed by atoms with Gasteiger partial charge >= 0.3 is 5.69 Å². The van der Waals surface area contributed by atoms with Crippen molar-refractivity contribution in [3.8, 4) is 0 Å². The van der Waals surface area contributed by atoms with Crippen molar-refractivity contribution >= 4 is 16.9 Å². The van der Waals surface area contributed by atoms with E-state index in [2.05, 4.69) is 10.3 Å². The number of H-pyrrole nitrogens is 1. The lowest BCUT2D eigenvalue weighted by Gasteiger charge is -2.04. The van der Waals surface area contributed by atoms with Crippen molar-refractivity contribution in [1.29, 1.82) is 0 Å². The van der Waals surface area contributed by atoms with E-state index in [0.717, 1.165) is 0 Å². The van der Waals surface area contributed by atoms with Crippen molar-refractivity contribution in [2.75, 3.05) is 0 Å². The second-order valence-electron chi connectivity index (χ2n) is 4.53. The average molecular weight is 289 g/mol. The van der Waals surface area contributed by atoms with Gasteiger partial charge in [-0.1, -0.05) is 0 Å². The minimum Gasteiger partial charge on any atom is -0.467 e. The summed E-state index contributed by atoms with van der Waals surface area (Å²) in [6.45, 7) is 0.0999. The predicted octanol–water partition coefficient (Wildman–Crippen LogP) is 1.38. The quantitative estimate of drug-likeness (QED) is 0.761. The molecule has 108 valence electrons. The molecule has 2 heterocycles. The Morgan fingerprint density at radius 3 is 3.00 bits per heavy atom. The normalized spacial score (nSPS) is 10.9. The average Bonchev–Trinajstić information content (AvgIpc) is 3.05. The molecule has 6 nitrogen and oxygen atoms in total. The molecule has 0 aliphatic rings. The summed E-state index contributed by atoms with van der Waals surface area (Å²) in [4.78, 5) is 26.2. The largest absolute Gasteiger partial charge is 0.467 e. The van der Waals surface area contributed by atoms with E-state index in [0.29, 0.717) is 16.8 Å². The van der Waals surface area contributed by atoms with Gasteiger partial charge in [-0.2, -0.15) is 0 Å². The topological polar surface area (TPSA) is 80.0 Å². The lowest BCUT2D eigenvalue weighted by Crippen LogP contribution is -2.30. The summed E-state index contributed by atoms with van der Waals surface area (Å²) in [5.41, 5.74) is 0.386. The van der Waals surface area contributed by atoms with Crippen LogP contribution in [0.5, 0.6) is 0 Å². The molecule has 0 fully saturated rings. The fraction of sp³-hybridized carbons (Fsp3) is 0.143. The van der Waals surface area contributed by atoms with E-state index >= 15 is 0 Å². The van der Waals surface area contributed by atoms with Crippen molar-refractivity contribution in [2.24, 2.45) is 0 Å². The first-order valence-electron chi connectivity index (χ1n) is 6.30. The van der Waals surface area contributed by atoms with Gasteiger partial charge in [0.25, 0.3) is 0 Å². The van der Waals surface area contributed by atoms with E-state index in [9.17, 15) is 14.0 Å². The first-order chi connectivity index (χ1) is 10.1. The Kier molecular flexibility index (Phi) is 3.31. The first kappa shape index (κ1) is 13.2. The number of nitrogens with zero attached hydrogens (tertiary/aromatic N) is 1. The van der Waals surface area contributed by atoms with E-state index in [1.165, 1.54) is 29.0 Å². The monoisotopic (exact) mass is 289 g/mol. The SMILES string of the molecule is O=C(Cn1c(=O)[nH]c2cc(F)ccc21)NCc1ccco1. The zero-order chi connectivity index (χ0) is 14.8. The van der Waals surface area contributed by atoms with Crippen LogP contribution < -0.4 is 11.0 Å². The van der Waals surface area contributed by atoms with Crippen LogP contribution >= 0.6 is 0 Å². The van der Waals surface area contributed by atoms with Gasteiger partial charge in [0.2, 0.25) is 5.91 Å². The number of hydrogen-bond acceptors (Lipinski definition) is 3. The fourth-order valence-corrected chi connectivity index (χ4v) is 2.09. The number of furan rings is 1. The lowest BCUT2D eigenvalue weighted by atomic mass is 10.3. The van der Waals surface area contributed by atoms with Crippen molar-refractivity contribution in [2.45, 2.75) is 13.1 Å². The zero-order valence-corrected chi connectivity index (χ0v) is 10.9. The number of halogens is 1. The molecule has 0 bridgehead atoms. The second kappa shape index (κ2) is 5.28. The van der Waals surface area contributed by atoms with E-state index in [-0.39, 0.29) is 19.0 Å².